The lowest BCUT2D eigenvalue weighted by molar-refractivity contribution is 0.462. The van der Waals surface area contributed by atoms with E-state index in [-0.39, 0.29) is 5.56 Å². The second kappa shape index (κ2) is 6.73. The van der Waals surface area contributed by atoms with Crippen molar-refractivity contribution in [2.75, 3.05) is 11.9 Å². The average Bonchev–Trinajstić information content (AvgIpc) is 2.27. The molecule has 0 aliphatic heterocycles. The van der Waals surface area contributed by atoms with Gasteiger partial charge in [0.05, 0.1) is 11.9 Å². The molecule has 0 aliphatic rings. The van der Waals surface area contributed by atoms with Crippen molar-refractivity contribution in [3.8, 4) is 0 Å². The summed E-state index contributed by atoms with van der Waals surface area (Å²) in [7, 11) is 0. The van der Waals surface area contributed by atoms with Gasteiger partial charge in [-0.05, 0) is 35.7 Å². The molecular weight excluding hydrogens is 294 g/mol. The molecule has 100 valence electrons. The second-order valence-electron chi connectivity index (χ2n) is 4.92. The summed E-state index contributed by atoms with van der Waals surface area (Å²) in [5.74, 6) is 0.395. The van der Waals surface area contributed by atoms with Crippen LogP contribution in [0.4, 0.5) is 5.69 Å². The molecule has 0 aromatic carbocycles. The number of hydrogen-bond acceptors (Lipinski definition) is 3. The van der Waals surface area contributed by atoms with Crippen LogP contribution in [0.25, 0.3) is 0 Å². The average molecular weight is 314 g/mol. The first-order chi connectivity index (χ1) is 8.41. The van der Waals surface area contributed by atoms with Crippen LogP contribution in [0, 0.1) is 5.92 Å². The molecule has 18 heavy (non-hydrogen) atoms. The number of nitrogens with one attached hydrogen (secondary N) is 1. The summed E-state index contributed by atoms with van der Waals surface area (Å²) in [6.07, 6.45) is 3.75. The number of aromatic nitrogens is 2. The highest BCUT2D eigenvalue weighted by atomic mass is 79.9. The normalized spacial score (nSPS) is 10.6. The summed E-state index contributed by atoms with van der Waals surface area (Å²) in [6, 6.07) is 0. The molecule has 0 unspecified atom stereocenters. The molecule has 1 rings (SSSR count). The fourth-order valence-electron chi connectivity index (χ4n) is 1.43. The lowest BCUT2D eigenvalue weighted by Gasteiger charge is -2.10. The molecule has 0 atom stereocenters. The van der Waals surface area contributed by atoms with Crippen molar-refractivity contribution in [3.05, 3.63) is 32.7 Å². The number of hydrogen-bond donors (Lipinski definition) is 1. The van der Waals surface area contributed by atoms with E-state index in [0.29, 0.717) is 23.5 Å². The lowest BCUT2D eigenvalue weighted by Crippen LogP contribution is -2.26. The smallest absolute Gasteiger partial charge is 0.283 e. The van der Waals surface area contributed by atoms with E-state index in [1.165, 1.54) is 10.3 Å². The van der Waals surface area contributed by atoms with Gasteiger partial charge in [-0.15, -0.1) is 0 Å². The number of nitrogens with zero attached hydrogens (tertiary/aromatic N) is 2. The first kappa shape index (κ1) is 15.0. The van der Waals surface area contributed by atoms with Crippen LogP contribution in [0.3, 0.4) is 0 Å². The van der Waals surface area contributed by atoms with Gasteiger partial charge < -0.3 is 5.32 Å². The summed E-state index contributed by atoms with van der Waals surface area (Å²) in [6.45, 7) is 9.51. The maximum absolute atomic E-state index is 12.0. The van der Waals surface area contributed by atoms with E-state index in [4.69, 9.17) is 0 Å². The van der Waals surface area contributed by atoms with E-state index in [0.717, 1.165) is 5.69 Å². The van der Waals surface area contributed by atoms with Crippen LogP contribution in [-0.2, 0) is 6.54 Å². The Morgan fingerprint density at radius 2 is 2.22 bits per heavy atom. The van der Waals surface area contributed by atoms with E-state index in [9.17, 15) is 4.79 Å². The molecule has 0 radical (unpaired) electrons. The molecule has 1 aromatic rings. The van der Waals surface area contributed by atoms with Crippen molar-refractivity contribution in [3.63, 3.8) is 0 Å². The Labute approximate surface area is 116 Å². The van der Waals surface area contributed by atoms with E-state index < -0.39 is 0 Å². The minimum atomic E-state index is -0.0918. The summed E-state index contributed by atoms with van der Waals surface area (Å²) in [4.78, 5) is 12.0. The van der Waals surface area contributed by atoms with Crippen molar-refractivity contribution in [2.45, 2.75) is 34.2 Å². The summed E-state index contributed by atoms with van der Waals surface area (Å²) >= 11 is 3.33. The topological polar surface area (TPSA) is 46.9 Å². The summed E-state index contributed by atoms with van der Waals surface area (Å²) in [5, 5.41) is 7.33. The van der Waals surface area contributed by atoms with Crippen molar-refractivity contribution in [2.24, 2.45) is 5.92 Å². The standard InChI is InChI=1S/C13H20BrN3O/c1-9(2)5-6-15-11-7-16-17(8-10(3)4)13(18)12(11)14/h5,7,10,15H,6,8H2,1-4H3. The van der Waals surface area contributed by atoms with Crippen molar-refractivity contribution in [1.82, 2.24) is 9.78 Å². The molecule has 0 saturated carbocycles. The first-order valence-electron chi connectivity index (χ1n) is 6.04. The Morgan fingerprint density at radius 3 is 2.78 bits per heavy atom. The molecule has 0 aliphatic carbocycles. The Hall–Kier alpha value is -1.10. The highest BCUT2D eigenvalue weighted by Gasteiger charge is 2.08. The molecule has 1 aromatic heterocycles. The van der Waals surface area contributed by atoms with Gasteiger partial charge in [-0.25, -0.2) is 4.68 Å². The summed E-state index contributed by atoms with van der Waals surface area (Å²) < 4.78 is 2.03. The third-order valence-corrected chi connectivity index (χ3v) is 3.09. The fourth-order valence-corrected chi connectivity index (χ4v) is 1.88. The number of allylic oxidation sites excluding steroid dienone is 1. The predicted octanol–water partition coefficient (Wildman–Crippen LogP) is 3.04. The maximum Gasteiger partial charge on any atom is 0.283 e. The molecule has 0 fully saturated rings. The SMILES string of the molecule is CC(C)=CCNc1cnn(CC(C)C)c(=O)c1Br. The molecule has 4 nitrogen and oxygen atoms in total. The van der Waals surface area contributed by atoms with Gasteiger partial charge in [-0.1, -0.05) is 25.5 Å². The summed E-state index contributed by atoms with van der Waals surface area (Å²) in [5.41, 5.74) is 1.88. The zero-order chi connectivity index (χ0) is 13.7. The van der Waals surface area contributed by atoms with Crippen LogP contribution in [0.5, 0.6) is 0 Å². The van der Waals surface area contributed by atoms with Crippen LogP contribution in [0.15, 0.2) is 27.1 Å². The molecule has 0 amide bonds. The Morgan fingerprint density at radius 1 is 1.56 bits per heavy atom. The maximum atomic E-state index is 12.0. The fraction of sp³-hybridized carbons (Fsp3) is 0.538. The van der Waals surface area contributed by atoms with Gasteiger partial charge in [-0.3, -0.25) is 4.79 Å². The highest BCUT2D eigenvalue weighted by molar-refractivity contribution is 9.10. The molecule has 0 bridgehead atoms. The Balaban J connectivity index is 2.87. The Bertz CT molecular complexity index is 487. The molecule has 0 saturated heterocycles. The highest BCUT2D eigenvalue weighted by Crippen LogP contribution is 2.16. The number of rotatable bonds is 5. The van der Waals surface area contributed by atoms with E-state index in [2.05, 4.69) is 46.3 Å². The van der Waals surface area contributed by atoms with Crippen molar-refractivity contribution in [1.29, 1.82) is 0 Å². The third-order valence-electron chi connectivity index (χ3n) is 2.33. The van der Waals surface area contributed by atoms with Crippen LogP contribution in [0.2, 0.25) is 0 Å². The van der Waals surface area contributed by atoms with Crippen molar-refractivity contribution >= 4 is 21.6 Å². The van der Waals surface area contributed by atoms with Crippen LogP contribution in [0.1, 0.15) is 27.7 Å². The zero-order valence-electron chi connectivity index (χ0n) is 11.3. The third kappa shape index (κ3) is 4.29. The predicted molar refractivity (Wildman–Crippen MR) is 79.0 cm³/mol. The monoisotopic (exact) mass is 313 g/mol. The van der Waals surface area contributed by atoms with Gasteiger partial charge >= 0.3 is 0 Å². The lowest BCUT2D eigenvalue weighted by atomic mass is 10.2. The van der Waals surface area contributed by atoms with E-state index >= 15 is 0 Å². The molecule has 5 heteroatoms. The first-order valence-corrected chi connectivity index (χ1v) is 6.84. The largest absolute Gasteiger partial charge is 0.379 e. The molecule has 1 N–H and O–H groups in total. The minimum absolute atomic E-state index is 0.0918. The zero-order valence-corrected chi connectivity index (χ0v) is 12.9. The molecule has 1 heterocycles. The minimum Gasteiger partial charge on any atom is -0.379 e. The molecular formula is C13H20BrN3O. The second-order valence-corrected chi connectivity index (χ2v) is 5.71. The number of halogens is 1. The van der Waals surface area contributed by atoms with Gasteiger partial charge in [0.1, 0.15) is 4.47 Å². The quantitative estimate of drug-likeness (QED) is 0.850. The van der Waals surface area contributed by atoms with Gasteiger partial charge in [-0.2, -0.15) is 5.10 Å². The van der Waals surface area contributed by atoms with Gasteiger partial charge in [0.15, 0.2) is 0 Å². The van der Waals surface area contributed by atoms with Gasteiger partial charge in [0.25, 0.3) is 5.56 Å². The van der Waals surface area contributed by atoms with Crippen LogP contribution < -0.4 is 10.9 Å². The van der Waals surface area contributed by atoms with Crippen LogP contribution in [-0.4, -0.2) is 16.3 Å². The van der Waals surface area contributed by atoms with Crippen LogP contribution >= 0.6 is 15.9 Å². The van der Waals surface area contributed by atoms with Crippen molar-refractivity contribution < 1.29 is 0 Å². The van der Waals surface area contributed by atoms with E-state index in [1.807, 2.05) is 13.8 Å². The van der Waals surface area contributed by atoms with Gasteiger partial charge in [0.2, 0.25) is 0 Å². The van der Waals surface area contributed by atoms with Gasteiger partial charge in [0, 0.05) is 13.1 Å². The van der Waals surface area contributed by atoms with E-state index in [1.54, 1.807) is 6.20 Å². The number of anilines is 1. The Kier molecular flexibility index (Phi) is 5.59. The molecule has 0 spiro atoms.